The number of fused-ring (bicyclic) bond motifs is 1. The van der Waals surface area contributed by atoms with Crippen molar-refractivity contribution < 1.29 is 9.47 Å². The number of anilines is 1. The van der Waals surface area contributed by atoms with E-state index in [4.69, 9.17) is 9.47 Å². The Bertz CT molecular complexity index is 813. The first kappa shape index (κ1) is 18.1. The van der Waals surface area contributed by atoms with E-state index in [9.17, 15) is 0 Å². The fraction of sp³-hybridized carbons (Fsp3) is 0.500. The highest BCUT2D eigenvalue weighted by Crippen LogP contribution is 2.40. The molecule has 1 N–H and O–H groups in total. The lowest BCUT2D eigenvalue weighted by Gasteiger charge is -2.29. The predicted octanol–water partition coefficient (Wildman–Crippen LogP) is 4.15. The lowest BCUT2D eigenvalue weighted by Crippen LogP contribution is -2.34. The minimum Gasteiger partial charge on any atom is -0.492 e. The molecule has 4 rings (SSSR count). The standard InChI is InChI=1S/C22H29N3O2/c1-21(2,3)20-18-10-17(8-6-15(18)12-26-20)27-19-9-7-16(11-23-19)25-13-22(4,5)24-14-25/h7-12,20,24H,6,13-14H2,1-5H3. The van der Waals surface area contributed by atoms with E-state index in [-0.39, 0.29) is 17.1 Å². The highest BCUT2D eigenvalue weighted by molar-refractivity contribution is 5.49. The van der Waals surface area contributed by atoms with E-state index in [2.05, 4.69) is 68.0 Å². The topological polar surface area (TPSA) is 46.6 Å². The second kappa shape index (κ2) is 6.41. The molecular weight excluding hydrogens is 338 g/mol. The van der Waals surface area contributed by atoms with Crippen molar-refractivity contribution in [2.24, 2.45) is 5.41 Å². The Kier molecular flexibility index (Phi) is 4.30. The molecule has 27 heavy (non-hydrogen) atoms. The van der Waals surface area contributed by atoms with E-state index in [1.165, 1.54) is 11.1 Å². The van der Waals surface area contributed by atoms with Gasteiger partial charge in [0.05, 0.1) is 24.8 Å². The smallest absolute Gasteiger partial charge is 0.219 e. The second-order valence-electron chi connectivity index (χ2n) is 9.31. The third kappa shape index (κ3) is 3.74. The molecule has 1 unspecified atom stereocenters. The summed E-state index contributed by atoms with van der Waals surface area (Å²) < 4.78 is 11.9. The van der Waals surface area contributed by atoms with Gasteiger partial charge in [-0.25, -0.2) is 4.98 Å². The number of nitrogens with one attached hydrogen (secondary N) is 1. The normalized spacial score (nSPS) is 24.0. The second-order valence-corrected chi connectivity index (χ2v) is 9.31. The van der Waals surface area contributed by atoms with Crippen LogP contribution in [-0.2, 0) is 4.74 Å². The number of pyridine rings is 1. The van der Waals surface area contributed by atoms with Crippen LogP contribution in [0.25, 0.3) is 0 Å². The largest absolute Gasteiger partial charge is 0.492 e. The molecule has 0 bridgehead atoms. The molecular formula is C22H29N3O2. The molecule has 5 nitrogen and oxygen atoms in total. The van der Waals surface area contributed by atoms with Gasteiger partial charge in [-0.3, -0.25) is 5.32 Å². The molecule has 2 aliphatic heterocycles. The summed E-state index contributed by atoms with van der Waals surface area (Å²) in [4.78, 5) is 6.80. The van der Waals surface area contributed by atoms with E-state index >= 15 is 0 Å². The van der Waals surface area contributed by atoms with Crippen LogP contribution in [0.15, 0.2) is 53.6 Å². The predicted molar refractivity (Wildman–Crippen MR) is 107 cm³/mol. The first-order valence-electron chi connectivity index (χ1n) is 9.62. The molecule has 144 valence electrons. The van der Waals surface area contributed by atoms with Gasteiger partial charge >= 0.3 is 0 Å². The summed E-state index contributed by atoms with van der Waals surface area (Å²) in [6.07, 6.45) is 8.87. The molecule has 0 amide bonds. The van der Waals surface area contributed by atoms with Gasteiger partial charge in [-0.15, -0.1) is 0 Å². The van der Waals surface area contributed by atoms with E-state index < -0.39 is 0 Å². The number of ether oxygens (including phenoxy) is 2. The lowest BCUT2D eigenvalue weighted by molar-refractivity contribution is 0.0912. The van der Waals surface area contributed by atoms with Gasteiger partial charge in [0.15, 0.2) is 0 Å². The van der Waals surface area contributed by atoms with Crippen LogP contribution in [0.2, 0.25) is 0 Å². The summed E-state index contributed by atoms with van der Waals surface area (Å²) in [5.74, 6) is 1.46. The molecule has 1 fully saturated rings. The van der Waals surface area contributed by atoms with Gasteiger partial charge in [0.1, 0.15) is 11.9 Å². The maximum atomic E-state index is 6.04. The molecule has 5 heteroatoms. The number of nitrogens with zero attached hydrogens (tertiary/aromatic N) is 2. The Labute approximate surface area is 161 Å². The third-order valence-corrected chi connectivity index (χ3v) is 5.25. The third-order valence-electron chi connectivity index (χ3n) is 5.25. The zero-order valence-electron chi connectivity index (χ0n) is 16.9. The van der Waals surface area contributed by atoms with Crippen LogP contribution in [0.4, 0.5) is 5.69 Å². The molecule has 1 aliphatic carbocycles. The lowest BCUT2D eigenvalue weighted by atomic mass is 9.81. The minimum atomic E-state index is 0.0456. The van der Waals surface area contributed by atoms with Crippen molar-refractivity contribution in [3.8, 4) is 5.88 Å². The molecule has 3 heterocycles. The monoisotopic (exact) mass is 367 g/mol. The molecule has 0 spiro atoms. The summed E-state index contributed by atoms with van der Waals surface area (Å²) in [6, 6.07) is 4.02. The van der Waals surface area contributed by atoms with Crippen LogP contribution in [0.5, 0.6) is 5.88 Å². The van der Waals surface area contributed by atoms with Crippen molar-refractivity contribution in [2.45, 2.75) is 52.7 Å². The number of hydrogen-bond donors (Lipinski definition) is 1. The zero-order valence-corrected chi connectivity index (χ0v) is 16.9. The SMILES string of the molecule is CC1(C)CN(c2ccc(OC3=CCC4=COC(C(C)(C)C)C4=C3)nc2)CN1. The summed E-state index contributed by atoms with van der Waals surface area (Å²) in [6.45, 7) is 12.8. The summed E-state index contributed by atoms with van der Waals surface area (Å²) >= 11 is 0. The Morgan fingerprint density at radius 1 is 1.30 bits per heavy atom. The average molecular weight is 367 g/mol. The molecule has 1 saturated heterocycles. The number of aromatic nitrogens is 1. The van der Waals surface area contributed by atoms with Gasteiger partial charge in [0.2, 0.25) is 5.88 Å². The number of allylic oxidation sites excluding steroid dienone is 2. The van der Waals surface area contributed by atoms with Crippen molar-refractivity contribution in [2.75, 3.05) is 18.1 Å². The fourth-order valence-corrected chi connectivity index (χ4v) is 3.78. The van der Waals surface area contributed by atoms with Crippen LogP contribution < -0.4 is 15.0 Å². The van der Waals surface area contributed by atoms with Crippen molar-refractivity contribution >= 4 is 5.69 Å². The molecule has 0 aromatic carbocycles. The fourth-order valence-electron chi connectivity index (χ4n) is 3.78. The average Bonchev–Trinajstić information content (AvgIpc) is 3.18. The van der Waals surface area contributed by atoms with Crippen LogP contribution in [0.1, 0.15) is 41.0 Å². The Morgan fingerprint density at radius 3 is 2.74 bits per heavy atom. The molecule has 1 aromatic rings. The number of rotatable bonds is 3. The van der Waals surface area contributed by atoms with Crippen molar-refractivity contribution in [1.29, 1.82) is 0 Å². The number of hydrogen-bond acceptors (Lipinski definition) is 5. The van der Waals surface area contributed by atoms with Gasteiger partial charge in [0.25, 0.3) is 0 Å². The van der Waals surface area contributed by atoms with E-state index in [1.54, 1.807) is 0 Å². The van der Waals surface area contributed by atoms with Crippen LogP contribution >= 0.6 is 0 Å². The maximum absolute atomic E-state index is 6.04. The van der Waals surface area contributed by atoms with Crippen LogP contribution in [0.3, 0.4) is 0 Å². The maximum Gasteiger partial charge on any atom is 0.219 e. The molecule has 0 saturated carbocycles. The van der Waals surface area contributed by atoms with Crippen LogP contribution in [0, 0.1) is 5.41 Å². The van der Waals surface area contributed by atoms with Gasteiger partial charge in [0, 0.05) is 29.1 Å². The first-order chi connectivity index (χ1) is 12.7. The van der Waals surface area contributed by atoms with Gasteiger partial charge in [-0.05, 0) is 44.1 Å². The van der Waals surface area contributed by atoms with E-state index in [0.717, 1.165) is 31.1 Å². The Morgan fingerprint density at radius 2 is 2.11 bits per heavy atom. The molecule has 3 aliphatic rings. The molecule has 1 atom stereocenters. The van der Waals surface area contributed by atoms with Gasteiger partial charge in [-0.1, -0.05) is 20.8 Å². The zero-order chi connectivity index (χ0) is 19.2. The first-order valence-corrected chi connectivity index (χ1v) is 9.62. The Balaban J connectivity index is 1.45. The highest BCUT2D eigenvalue weighted by Gasteiger charge is 2.36. The van der Waals surface area contributed by atoms with Crippen molar-refractivity contribution in [3.05, 3.63) is 53.6 Å². The van der Waals surface area contributed by atoms with Gasteiger partial charge in [-0.2, -0.15) is 0 Å². The highest BCUT2D eigenvalue weighted by atomic mass is 16.5. The van der Waals surface area contributed by atoms with Crippen LogP contribution in [-0.4, -0.2) is 29.8 Å². The van der Waals surface area contributed by atoms with E-state index in [0.29, 0.717) is 5.88 Å². The summed E-state index contributed by atoms with van der Waals surface area (Å²) in [5.41, 5.74) is 3.76. The molecule has 1 aromatic heterocycles. The Hall–Kier alpha value is -2.27. The summed E-state index contributed by atoms with van der Waals surface area (Å²) in [7, 11) is 0. The van der Waals surface area contributed by atoms with Crippen molar-refractivity contribution in [1.82, 2.24) is 10.3 Å². The van der Waals surface area contributed by atoms with E-state index in [1.807, 2.05) is 18.5 Å². The minimum absolute atomic E-state index is 0.0456. The van der Waals surface area contributed by atoms with Crippen molar-refractivity contribution in [3.63, 3.8) is 0 Å². The quantitative estimate of drug-likeness (QED) is 0.870. The van der Waals surface area contributed by atoms with Gasteiger partial charge < -0.3 is 14.4 Å². The summed E-state index contributed by atoms with van der Waals surface area (Å²) in [5, 5.41) is 3.50. The molecule has 0 radical (unpaired) electrons.